The largest absolute Gasteiger partial charge is 0.353 e. The molecule has 0 amide bonds. The molecule has 0 radical (unpaired) electrons. The zero-order chi connectivity index (χ0) is 19.0. The van der Waals surface area contributed by atoms with E-state index in [1.165, 1.54) is 6.26 Å². The summed E-state index contributed by atoms with van der Waals surface area (Å²) in [5.41, 5.74) is 3.55. The molecular formula is C19H19N3O3S2. The zero-order valence-electron chi connectivity index (χ0n) is 14.8. The molecule has 8 heteroatoms. The molecule has 4 rings (SSSR count). The first-order valence-electron chi connectivity index (χ1n) is 8.61. The van der Waals surface area contributed by atoms with Gasteiger partial charge in [-0.1, -0.05) is 17.4 Å². The average Bonchev–Trinajstić information content (AvgIpc) is 3.02. The van der Waals surface area contributed by atoms with Gasteiger partial charge in [0.05, 0.1) is 23.0 Å². The van der Waals surface area contributed by atoms with E-state index in [1.54, 1.807) is 22.9 Å². The maximum Gasteiger partial charge on any atom is 0.309 e. The Morgan fingerprint density at radius 1 is 1.22 bits per heavy atom. The van der Waals surface area contributed by atoms with E-state index in [0.29, 0.717) is 11.6 Å². The van der Waals surface area contributed by atoms with E-state index in [-0.39, 0.29) is 4.87 Å². The number of anilines is 1. The molecule has 2 aromatic heterocycles. The minimum atomic E-state index is -3.23. The molecule has 1 aliphatic heterocycles. The third-order valence-corrected chi connectivity index (χ3v) is 6.59. The van der Waals surface area contributed by atoms with Crippen LogP contribution >= 0.6 is 11.3 Å². The van der Waals surface area contributed by atoms with Crippen LogP contribution in [0.5, 0.6) is 0 Å². The van der Waals surface area contributed by atoms with E-state index in [4.69, 9.17) is 0 Å². The Kier molecular flexibility index (Phi) is 4.61. The van der Waals surface area contributed by atoms with Crippen molar-refractivity contribution >= 4 is 26.9 Å². The highest BCUT2D eigenvalue weighted by Gasteiger charge is 2.21. The first-order chi connectivity index (χ1) is 12.9. The second-order valence-electron chi connectivity index (χ2n) is 6.60. The Labute approximate surface area is 161 Å². The molecule has 27 heavy (non-hydrogen) atoms. The molecule has 0 spiro atoms. The van der Waals surface area contributed by atoms with Gasteiger partial charge < -0.3 is 4.90 Å². The topological polar surface area (TPSA) is 72.3 Å². The van der Waals surface area contributed by atoms with Crippen molar-refractivity contribution in [3.63, 3.8) is 0 Å². The van der Waals surface area contributed by atoms with Crippen molar-refractivity contribution in [2.24, 2.45) is 0 Å². The van der Waals surface area contributed by atoms with Crippen LogP contribution < -0.4 is 9.77 Å². The molecule has 3 heterocycles. The summed E-state index contributed by atoms with van der Waals surface area (Å²) < 4.78 is 25.4. The van der Waals surface area contributed by atoms with Crippen molar-refractivity contribution in [1.29, 1.82) is 0 Å². The molecule has 0 saturated carbocycles. The number of benzene rings is 1. The minimum absolute atomic E-state index is 0.0319. The number of hydrogen-bond donors (Lipinski definition) is 0. The third kappa shape index (κ3) is 3.54. The van der Waals surface area contributed by atoms with Gasteiger partial charge in [0.1, 0.15) is 0 Å². The summed E-state index contributed by atoms with van der Waals surface area (Å²) in [5, 5.41) is 1.84. The van der Waals surface area contributed by atoms with Crippen molar-refractivity contribution in [2.75, 3.05) is 17.7 Å². The van der Waals surface area contributed by atoms with Gasteiger partial charge in [-0.15, -0.1) is 0 Å². The lowest BCUT2D eigenvalue weighted by molar-refractivity contribution is 0.591. The highest BCUT2D eigenvalue weighted by Crippen LogP contribution is 2.30. The summed E-state index contributed by atoms with van der Waals surface area (Å²) in [6.07, 6.45) is 4.68. The number of hydrogen-bond acceptors (Lipinski definition) is 6. The van der Waals surface area contributed by atoms with E-state index >= 15 is 0 Å². The monoisotopic (exact) mass is 401 g/mol. The van der Waals surface area contributed by atoms with Crippen LogP contribution in [-0.4, -0.2) is 30.8 Å². The number of rotatable bonds is 4. The van der Waals surface area contributed by atoms with Gasteiger partial charge in [0.15, 0.2) is 9.84 Å². The van der Waals surface area contributed by atoms with Gasteiger partial charge in [0.25, 0.3) is 0 Å². The number of aryl methyl sites for hydroxylation is 1. The van der Waals surface area contributed by atoms with Crippen LogP contribution in [0.15, 0.2) is 57.7 Å². The molecule has 0 fully saturated rings. The van der Waals surface area contributed by atoms with E-state index in [9.17, 15) is 13.2 Å². The molecule has 6 nitrogen and oxygen atoms in total. The standard InChI is InChI=1S/C19H19N3O3S2/c1-27(24,25)15-7-8-17-14(11-15)5-4-10-21(17)13-22-18(12-26-19(22)23)16-6-2-3-9-20-16/h2-3,6-9,11-12H,4-5,10,13H2,1H3. The Morgan fingerprint density at radius 2 is 2.07 bits per heavy atom. The maximum atomic E-state index is 12.4. The lowest BCUT2D eigenvalue weighted by atomic mass is 10.0. The molecule has 0 bridgehead atoms. The van der Waals surface area contributed by atoms with Crippen LogP contribution in [0.4, 0.5) is 5.69 Å². The fourth-order valence-electron chi connectivity index (χ4n) is 3.38. The number of fused-ring (bicyclic) bond motifs is 1. The number of pyridine rings is 1. The summed E-state index contributed by atoms with van der Waals surface area (Å²) in [6.45, 7) is 1.23. The first kappa shape index (κ1) is 17.9. The summed E-state index contributed by atoms with van der Waals surface area (Å²) in [7, 11) is -3.23. The zero-order valence-corrected chi connectivity index (χ0v) is 16.5. The van der Waals surface area contributed by atoms with Crippen molar-refractivity contribution in [1.82, 2.24) is 9.55 Å². The number of aromatic nitrogens is 2. The number of nitrogens with zero attached hydrogens (tertiary/aromatic N) is 3. The predicted octanol–water partition coefficient (Wildman–Crippen LogP) is 2.79. The Hall–Kier alpha value is -2.45. The SMILES string of the molecule is CS(=O)(=O)c1ccc2c(c1)CCCN2Cn1c(-c2ccccn2)csc1=O. The molecule has 1 aromatic carbocycles. The predicted molar refractivity (Wildman–Crippen MR) is 107 cm³/mol. The van der Waals surface area contributed by atoms with Gasteiger partial charge in [0.2, 0.25) is 0 Å². The van der Waals surface area contributed by atoms with E-state index in [2.05, 4.69) is 9.88 Å². The molecule has 0 aliphatic carbocycles. The van der Waals surface area contributed by atoms with Crippen molar-refractivity contribution in [3.05, 3.63) is 63.2 Å². The van der Waals surface area contributed by atoms with E-state index in [1.807, 2.05) is 29.6 Å². The molecule has 140 valence electrons. The fraction of sp³-hybridized carbons (Fsp3) is 0.263. The number of sulfone groups is 1. The lowest BCUT2D eigenvalue weighted by Crippen LogP contribution is -2.34. The third-order valence-electron chi connectivity index (χ3n) is 4.72. The van der Waals surface area contributed by atoms with E-state index < -0.39 is 9.84 Å². The smallest absolute Gasteiger partial charge is 0.309 e. The van der Waals surface area contributed by atoms with Crippen LogP contribution in [0.3, 0.4) is 0 Å². The second-order valence-corrected chi connectivity index (χ2v) is 9.44. The summed E-state index contributed by atoms with van der Waals surface area (Å²) in [6, 6.07) is 10.9. The Bertz CT molecular complexity index is 1130. The fourth-order valence-corrected chi connectivity index (χ4v) is 4.79. The summed E-state index contributed by atoms with van der Waals surface area (Å²) in [4.78, 5) is 19.2. The second kappa shape index (κ2) is 6.94. The number of thiazole rings is 1. The van der Waals surface area contributed by atoms with Gasteiger partial charge in [-0.2, -0.15) is 0 Å². The Morgan fingerprint density at radius 3 is 2.81 bits per heavy atom. The molecule has 0 N–H and O–H groups in total. The molecule has 1 aliphatic rings. The van der Waals surface area contributed by atoms with E-state index in [0.717, 1.165) is 53.4 Å². The average molecular weight is 402 g/mol. The van der Waals surface area contributed by atoms with Crippen LogP contribution in [-0.2, 0) is 22.9 Å². The Balaban J connectivity index is 1.70. The summed E-state index contributed by atoms with van der Waals surface area (Å²) in [5.74, 6) is 0. The van der Waals surface area contributed by atoms with Crippen LogP contribution in [0.1, 0.15) is 12.0 Å². The van der Waals surface area contributed by atoms with Gasteiger partial charge in [-0.05, 0) is 48.7 Å². The molecule has 0 saturated heterocycles. The van der Waals surface area contributed by atoms with Gasteiger partial charge in [0, 0.05) is 30.1 Å². The summed E-state index contributed by atoms with van der Waals surface area (Å²) >= 11 is 1.16. The molecular weight excluding hydrogens is 382 g/mol. The van der Waals surface area contributed by atoms with Gasteiger partial charge >= 0.3 is 4.87 Å². The molecule has 3 aromatic rings. The van der Waals surface area contributed by atoms with Gasteiger partial charge in [-0.25, -0.2) is 8.42 Å². The van der Waals surface area contributed by atoms with Gasteiger partial charge in [-0.3, -0.25) is 14.3 Å². The highest BCUT2D eigenvalue weighted by atomic mass is 32.2. The normalized spacial score (nSPS) is 14.2. The first-order valence-corrected chi connectivity index (χ1v) is 11.4. The van der Waals surface area contributed by atoms with Crippen LogP contribution in [0, 0.1) is 0 Å². The van der Waals surface area contributed by atoms with Crippen molar-refractivity contribution < 1.29 is 8.42 Å². The maximum absolute atomic E-state index is 12.4. The van der Waals surface area contributed by atoms with Crippen LogP contribution in [0.25, 0.3) is 11.4 Å². The lowest BCUT2D eigenvalue weighted by Gasteiger charge is -2.32. The minimum Gasteiger partial charge on any atom is -0.353 e. The van der Waals surface area contributed by atoms with Crippen molar-refractivity contribution in [3.8, 4) is 11.4 Å². The highest BCUT2D eigenvalue weighted by molar-refractivity contribution is 7.90. The molecule has 0 unspecified atom stereocenters. The quantitative estimate of drug-likeness (QED) is 0.672. The molecule has 0 atom stereocenters. The van der Waals surface area contributed by atoms with Crippen LogP contribution in [0.2, 0.25) is 0 Å². The van der Waals surface area contributed by atoms with Crippen molar-refractivity contribution in [2.45, 2.75) is 24.4 Å².